The van der Waals surface area contributed by atoms with E-state index >= 15 is 0 Å². The number of esters is 3. The zero-order valence-electron chi connectivity index (χ0n) is 10.3. The SMILES string of the molecule is O=C(COC(=O)C(F)(F)SOOO)OC1CCCOC1=O. The maximum atomic E-state index is 12.9. The molecule has 1 unspecified atom stereocenters. The Bertz CT molecular complexity index is 403. The van der Waals surface area contributed by atoms with Crippen LogP contribution >= 0.6 is 12.0 Å². The van der Waals surface area contributed by atoms with Gasteiger partial charge in [0.2, 0.25) is 0 Å². The van der Waals surface area contributed by atoms with Gasteiger partial charge in [-0.05, 0) is 12.8 Å². The van der Waals surface area contributed by atoms with Crippen LogP contribution in [0.2, 0.25) is 0 Å². The molecule has 1 saturated heterocycles. The van der Waals surface area contributed by atoms with Crippen molar-refractivity contribution in [2.45, 2.75) is 24.2 Å². The minimum Gasteiger partial charge on any atom is -0.463 e. The summed E-state index contributed by atoms with van der Waals surface area (Å²) in [5, 5.41) is 6.37. The molecule has 120 valence electrons. The molecule has 0 spiro atoms. The number of cyclic esters (lactones) is 1. The van der Waals surface area contributed by atoms with Crippen LogP contribution in [0, 0.1) is 0 Å². The van der Waals surface area contributed by atoms with Crippen LogP contribution in [-0.2, 0) is 38.0 Å². The first-order chi connectivity index (χ1) is 9.86. The maximum Gasteiger partial charge on any atom is 0.415 e. The molecular weight excluding hydrogens is 322 g/mol. The van der Waals surface area contributed by atoms with Gasteiger partial charge in [-0.1, -0.05) is 5.04 Å². The van der Waals surface area contributed by atoms with Crippen molar-refractivity contribution in [1.29, 1.82) is 0 Å². The van der Waals surface area contributed by atoms with Crippen LogP contribution < -0.4 is 0 Å². The first-order valence-corrected chi connectivity index (χ1v) is 6.18. The molecule has 0 aliphatic carbocycles. The Hall–Kier alpha value is -1.50. The highest BCUT2D eigenvalue weighted by atomic mass is 32.2. The largest absolute Gasteiger partial charge is 0.463 e. The Morgan fingerprint density at radius 2 is 2.19 bits per heavy atom. The minimum absolute atomic E-state index is 0.207. The van der Waals surface area contributed by atoms with Crippen LogP contribution in [0.4, 0.5) is 8.78 Å². The summed E-state index contributed by atoms with van der Waals surface area (Å²) in [6.07, 6.45) is -0.436. The number of halogens is 2. The molecule has 1 heterocycles. The zero-order chi connectivity index (χ0) is 15.9. The molecule has 0 aromatic heterocycles. The van der Waals surface area contributed by atoms with Gasteiger partial charge in [-0.2, -0.15) is 8.78 Å². The third-order valence-corrected chi connectivity index (χ3v) is 2.62. The quantitative estimate of drug-likeness (QED) is 0.231. The summed E-state index contributed by atoms with van der Waals surface area (Å²) in [6, 6.07) is 0. The van der Waals surface area contributed by atoms with Crippen molar-refractivity contribution in [3.8, 4) is 0 Å². The molecule has 1 aliphatic heterocycles. The molecule has 0 radical (unpaired) electrons. The van der Waals surface area contributed by atoms with E-state index in [1.165, 1.54) is 0 Å². The normalized spacial score (nSPS) is 18.8. The van der Waals surface area contributed by atoms with Gasteiger partial charge < -0.3 is 14.2 Å². The van der Waals surface area contributed by atoms with E-state index in [1.807, 2.05) is 0 Å². The molecule has 0 saturated carbocycles. The Morgan fingerprint density at radius 1 is 1.48 bits per heavy atom. The standard InChI is InChI=1S/C9H10F2O9S/c10-9(11,21-20-19-15)8(14)17-4-6(12)18-5-2-1-3-16-7(5)13/h5,15H,1-4H2. The molecule has 1 aliphatic rings. The van der Waals surface area contributed by atoms with Crippen LogP contribution in [-0.4, -0.2) is 47.7 Å². The van der Waals surface area contributed by atoms with E-state index in [0.29, 0.717) is 6.42 Å². The van der Waals surface area contributed by atoms with Gasteiger partial charge in [-0.3, -0.25) is 0 Å². The van der Waals surface area contributed by atoms with Crippen molar-refractivity contribution in [3.05, 3.63) is 0 Å². The van der Waals surface area contributed by atoms with E-state index in [9.17, 15) is 23.2 Å². The number of ether oxygens (including phenoxy) is 3. The van der Waals surface area contributed by atoms with Gasteiger partial charge >= 0.3 is 23.2 Å². The van der Waals surface area contributed by atoms with E-state index < -0.39 is 47.9 Å². The summed E-state index contributed by atoms with van der Waals surface area (Å²) in [7, 11) is 0. The van der Waals surface area contributed by atoms with E-state index in [0.717, 1.165) is 0 Å². The molecule has 1 atom stereocenters. The molecule has 1 fully saturated rings. The fraction of sp³-hybridized carbons (Fsp3) is 0.667. The monoisotopic (exact) mass is 332 g/mol. The first kappa shape index (κ1) is 17.6. The molecule has 9 nitrogen and oxygen atoms in total. The van der Waals surface area contributed by atoms with Crippen molar-refractivity contribution in [2.75, 3.05) is 13.2 Å². The molecule has 0 aromatic carbocycles. The van der Waals surface area contributed by atoms with Crippen LogP contribution in [0.1, 0.15) is 12.8 Å². The third kappa shape index (κ3) is 5.79. The van der Waals surface area contributed by atoms with Crippen molar-refractivity contribution in [1.82, 2.24) is 0 Å². The Balaban J connectivity index is 2.35. The summed E-state index contributed by atoms with van der Waals surface area (Å²) < 4.78 is 42.5. The summed E-state index contributed by atoms with van der Waals surface area (Å²) in [5.41, 5.74) is 0. The lowest BCUT2D eigenvalue weighted by atomic mass is 10.1. The summed E-state index contributed by atoms with van der Waals surface area (Å²) >= 11 is -0.832. The number of carbonyl (C=O) groups excluding carboxylic acids is 3. The predicted molar refractivity (Wildman–Crippen MR) is 58.4 cm³/mol. The average molecular weight is 332 g/mol. The lowest BCUT2D eigenvalue weighted by Crippen LogP contribution is -2.35. The second kappa shape index (κ2) is 8.07. The molecule has 0 amide bonds. The Labute approximate surface area is 120 Å². The summed E-state index contributed by atoms with van der Waals surface area (Å²) in [5.74, 6) is -4.06. The van der Waals surface area contributed by atoms with Crippen molar-refractivity contribution >= 4 is 30.0 Å². The zero-order valence-corrected chi connectivity index (χ0v) is 11.1. The number of rotatable bonds is 7. The molecule has 1 rings (SSSR count). The topological polar surface area (TPSA) is 118 Å². The predicted octanol–water partition coefficient (Wildman–Crippen LogP) is 0.441. The fourth-order valence-corrected chi connectivity index (χ4v) is 1.50. The highest BCUT2D eigenvalue weighted by molar-refractivity contribution is 7.96. The number of alkyl halides is 2. The van der Waals surface area contributed by atoms with Gasteiger partial charge in [0, 0.05) is 0 Å². The Kier molecular flexibility index (Phi) is 6.74. The maximum absolute atomic E-state index is 12.9. The fourth-order valence-electron chi connectivity index (χ4n) is 1.25. The van der Waals surface area contributed by atoms with Crippen molar-refractivity contribution in [2.24, 2.45) is 0 Å². The molecule has 12 heteroatoms. The lowest BCUT2D eigenvalue weighted by Gasteiger charge is -2.20. The van der Waals surface area contributed by atoms with E-state index in [1.54, 1.807) is 0 Å². The average Bonchev–Trinajstić information content (AvgIpc) is 2.45. The van der Waals surface area contributed by atoms with Crippen LogP contribution in [0.3, 0.4) is 0 Å². The van der Waals surface area contributed by atoms with Gasteiger partial charge in [0.1, 0.15) is 12.0 Å². The van der Waals surface area contributed by atoms with Gasteiger partial charge in [-0.25, -0.2) is 19.6 Å². The molecular formula is C9H10F2O9S. The molecule has 21 heavy (non-hydrogen) atoms. The highest BCUT2D eigenvalue weighted by Gasteiger charge is 2.44. The van der Waals surface area contributed by atoms with E-state index in [4.69, 9.17) is 5.26 Å². The van der Waals surface area contributed by atoms with Crippen molar-refractivity contribution in [3.63, 3.8) is 0 Å². The highest BCUT2D eigenvalue weighted by Crippen LogP contribution is 2.31. The molecule has 0 aromatic rings. The first-order valence-electron chi connectivity index (χ1n) is 5.44. The van der Waals surface area contributed by atoms with Crippen LogP contribution in [0.5, 0.6) is 0 Å². The number of carbonyl (C=O) groups is 3. The van der Waals surface area contributed by atoms with Gasteiger partial charge in [-0.15, -0.1) is 4.33 Å². The number of hydrogen-bond acceptors (Lipinski definition) is 10. The van der Waals surface area contributed by atoms with Gasteiger partial charge in [0.05, 0.1) is 6.61 Å². The summed E-state index contributed by atoms with van der Waals surface area (Å²) in [6.45, 7) is -0.920. The molecule has 1 N–H and O–H groups in total. The second-order valence-corrected chi connectivity index (χ2v) is 4.42. The van der Waals surface area contributed by atoms with E-state index in [2.05, 4.69) is 23.6 Å². The smallest absolute Gasteiger partial charge is 0.415 e. The van der Waals surface area contributed by atoms with Gasteiger partial charge in [0.25, 0.3) is 0 Å². The Morgan fingerprint density at radius 3 is 2.81 bits per heavy atom. The lowest BCUT2D eigenvalue weighted by molar-refractivity contribution is -0.433. The minimum atomic E-state index is -4.22. The van der Waals surface area contributed by atoms with Crippen LogP contribution in [0.15, 0.2) is 0 Å². The molecule has 0 bridgehead atoms. The summed E-state index contributed by atoms with van der Waals surface area (Å²) in [4.78, 5) is 33.3. The third-order valence-electron chi connectivity index (χ3n) is 2.12. The van der Waals surface area contributed by atoms with Crippen LogP contribution in [0.25, 0.3) is 0 Å². The second-order valence-electron chi connectivity index (χ2n) is 3.61. The van der Waals surface area contributed by atoms with Crippen molar-refractivity contribution < 1.29 is 52.0 Å². The van der Waals surface area contributed by atoms with E-state index in [-0.39, 0.29) is 13.0 Å². The van der Waals surface area contributed by atoms with Gasteiger partial charge in [0.15, 0.2) is 12.7 Å². The number of hydrogen-bond donors (Lipinski definition) is 1.